The first-order valence-corrected chi connectivity index (χ1v) is 14.0. The Balaban J connectivity index is 1.76. The normalized spacial score (nSPS) is 13.2. The number of amides is 2. The Morgan fingerprint density at radius 1 is 1.08 bits per heavy atom. The molecule has 0 bridgehead atoms. The maximum atomic E-state index is 13.4. The highest BCUT2D eigenvalue weighted by Gasteiger charge is 2.29. The second kappa shape index (κ2) is 12.1. The van der Waals surface area contributed by atoms with Crippen LogP contribution in [-0.2, 0) is 26.2 Å². The number of carbonyl (C=O) groups is 2. The van der Waals surface area contributed by atoms with Crippen molar-refractivity contribution in [2.24, 2.45) is 0 Å². The lowest BCUT2D eigenvalue weighted by molar-refractivity contribution is -0.141. The Morgan fingerprint density at radius 3 is 2.47 bits per heavy atom. The second-order valence-electron chi connectivity index (χ2n) is 8.74. The molecule has 1 aliphatic rings. The summed E-state index contributed by atoms with van der Waals surface area (Å²) < 4.78 is 37.0. The summed E-state index contributed by atoms with van der Waals surface area (Å²) in [5.41, 5.74) is 2.44. The van der Waals surface area contributed by atoms with E-state index in [1.54, 1.807) is 23.1 Å². The number of anilines is 1. The van der Waals surface area contributed by atoms with Crippen molar-refractivity contribution in [1.82, 2.24) is 10.2 Å². The molecule has 0 aliphatic carbocycles. The highest BCUT2D eigenvalue weighted by atomic mass is 32.2. The number of sulfonamides is 1. The number of nitrogens with one attached hydrogen (secondary N) is 1. The van der Waals surface area contributed by atoms with Gasteiger partial charge in [0.1, 0.15) is 6.04 Å². The van der Waals surface area contributed by atoms with E-state index in [-0.39, 0.29) is 38.0 Å². The van der Waals surface area contributed by atoms with Crippen LogP contribution in [0.2, 0.25) is 0 Å². The van der Waals surface area contributed by atoms with Crippen molar-refractivity contribution < 1.29 is 27.5 Å². The summed E-state index contributed by atoms with van der Waals surface area (Å²) in [6, 6.07) is 12.1. The lowest BCUT2D eigenvalue weighted by Gasteiger charge is -2.31. The monoisotopic (exact) mass is 517 g/mol. The van der Waals surface area contributed by atoms with Crippen molar-refractivity contribution in [1.29, 1.82) is 0 Å². The van der Waals surface area contributed by atoms with Crippen LogP contribution >= 0.6 is 0 Å². The van der Waals surface area contributed by atoms with Crippen LogP contribution in [0, 0.1) is 6.92 Å². The van der Waals surface area contributed by atoms with Gasteiger partial charge in [-0.3, -0.25) is 13.9 Å². The van der Waals surface area contributed by atoms with Gasteiger partial charge in [-0.2, -0.15) is 0 Å². The van der Waals surface area contributed by atoms with Gasteiger partial charge >= 0.3 is 0 Å². The first kappa shape index (κ1) is 27.3. The fourth-order valence-corrected chi connectivity index (χ4v) is 5.18. The minimum atomic E-state index is -3.60. The van der Waals surface area contributed by atoms with Crippen molar-refractivity contribution >= 4 is 27.5 Å². The minimum absolute atomic E-state index is 0.0904. The van der Waals surface area contributed by atoms with Crippen LogP contribution in [0.4, 0.5) is 5.69 Å². The fourth-order valence-electron chi connectivity index (χ4n) is 4.23. The first-order valence-electron chi connectivity index (χ1n) is 12.1. The van der Waals surface area contributed by atoms with E-state index in [0.717, 1.165) is 17.4 Å². The summed E-state index contributed by atoms with van der Waals surface area (Å²) in [5, 5.41) is 2.83. The van der Waals surface area contributed by atoms with Crippen LogP contribution in [0.1, 0.15) is 44.2 Å². The van der Waals surface area contributed by atoms with Gasteiger partial charge in [0.25, 0.3) is 0 Å². The summed E-state index contributed by atoms with van der Waals surface area (Å²) in [4.78, 5) is 27.8. The van der Waals surface area contributed by atoms with Crippen molar-refractivity contribution in [2.75, 3.05) is 30.4 Å². The van der Waals surface area contributed by atoms with Gasteiger partial charge < -0.3 is 19.7 Å². The molecule has 3 rings (SSSR count). The molecular weight excluding hydrogens is 482 g/mol. The predicted octanol–water partition coefficient (Wildman–Crippen LogP) is 3.21. The Labute approximate surface area is 213 Å². The highest BCUT2D eigenvalue weighted by molar-refractivity contribution is 7.92. The zero-order valence-corrected chi connectivity index (χ0v) is 22.1. The standard InChI is InChI=1S/C26H35N3O6S/c1-5-22(26(31)27-6-2)28(17-20-11-8-7-10-19(20)3)25(30)12-9-15-29(36(4,32)33)21-13-14-23-24(16-21)35-18-34-23/h7-8,10-11,13-14,16,22H,5-6,9,12,15,17-18H2,1-4H3,(H,27,31). The Bertz CT molecular complexity index is 1180. The van der Waals surface area contributed by atoms with Crippen LogP contribution in [-0.4, -0.2) is 57.3 Å². The number of nitrogens with zero attached hydrogens (tertiary/aromatic N) is 2. The van der Waals surface area contributed by atoms with Gasteiger partial charge in [0, 0.05) is 32.1 Å². The lowest BCUT2D eigenvalue weighted by Crippen LogP contribution is -2.49. The SMILES string of the molecule is CCNC(=O)C(CC)N(Cc1ccccc1C)C(=O)CCCN(c1ccc2c(c1)OCO2)S(C)(=O)=O. The van der Waals surface area contributed by atoms with E-state index in [9.17, 15) is 18.0 Å². The molecule has 0 fully saturated rings. The number of aryl methyl sites for hydroxylation is 1. The number of hydrogen-bond donors (Lipinski definition) is 1. The molecule has 10 heteroatoms. The quantitative estimate of drug-likeness (QED) is 0.464. The molecule has 1 heterocycles. The number of ether oxygens (including phenoxy) is 2. The summed E-state index contributed by atoms with van der Waals surface area (Å²) >= 11 is 0. The first-order chi connectivity index (χ1) is 17.2. The van der Waals surface area contributed by atoms with Gasteiger partial charge in [-0.05, 0) is 49.9 Å². The van der Waals surface area contributed by atoms with E-state index in [2.05, 4.69) is 5.32 Å². The van der Waals surface area contributed by atoms with Crippen molar-refractivity contribution in [2.45, 2.75) is 52.6 Å². The molecule has 2 aromatic carbocycles. The average molecular weight is 518 g/mol. The zero-order valence-electron chi connectivity index (χ0n) is 21.3. The Hall–Kier alpha value is -3.27. The van der Waals surface area contributed by atoms with E-state index >= 15 is 0 Å². The van der Waals surface area contributed by atoms with Crippen molar-refractivity contribution in [3.8, 4) is 11.5 Å². The molecule has 1 atom stereocenters. The molecule has 2 aromatic rings. The van der Waals surface area contributed by atoms with Crippen molar-refractivity contribution in [3.63, 3.8) is 0 Å². The third-order valence-electron chi connectivity index (χ3n) is 6.14. The predicted molar refractivity (Wildman–Crippen MR) is 138 cm³/mol. The van der Waals surface area contributed by atoms with Gasteiger partial charge in [-0.1, -0.05) is 31.2 Å². The highest BCUT2D eigenvalue weighted by Crippen LogP contribution is 2.36. The molecule has 0 spiro atoms. The molecule has 36 heavy (non-hydrogen) atoms. The minimum Gasteiger partial charge on any atom is -0.454 e. The van der Waals surface area contributed by atoms with Gasteiger partial charge in [0.05, 0.1) is 11.9 Å². The number of carbonyl (C=O) groups excluding carboxylic acids is 2. The number of rotatable bonds is 12. The van der Waals surface area contributed by atoms with Crippen LogP contribution in [0.25, 0.3) is 0 Å². The van der Waals surface area contributed by atoms with E-state index < -0.39 is 16.1 Å². The molecule has 0 radical (unpaired) electrons. The maximum Gasteiger partial charge on any atom is 0.242 e. The van der Waals surface area contributed by atoms with Gasteiger partial charge in [-0.15, -0.1) is 0 Å². The third kappa shape index (κ3) is 6.69. The molecule has 0 saturated heterocycles. The van der Waals surface area contributed by atoms with Crippen molar-refractivity contribution in [3.05, 3.63) is 53.6 Å². The summed E-state index contributed by atoms with van der Waals surface area (Å²) in [7, 11) is -3.60. The van der Waals surface area contributed by atoms with Crippen LogP contribution in [0.5, 0.6) is 11.5 Å². The third-order valence-corrected chi connectivity index (χ3v) is 7.33. The number of fused-ring (bicyclic) bond motifs is 1. The smallest absolute Gasteiger partial charge is 0.242 e. The topological polar surface area (TPSA) is 105 Å². The summed E-state index contributed by atoms with van der Waals surface area (Å²) in [6.45, 7) is 6.67. The average Bonchev–Trinajstić information content (AvgIpc) is 3.30. The number of benzene rings is 2. The largest absolute Gasteiger partial charge is 0.454 e. The lowest BCUT2D eigenvalue weighted by atomic mass is 10.1. The number of likely N-dealkylation sites (N-methyl/N-ethyl adjacent to an activating group) is 1. The molecule has 2 amide bonds. The van der Waals surface area contributed by atoms with E-state index in [1.807, 2.05) is 45.0 Å². The van der Waals surface area contributed by atoms with Crippen LogP contribution < -0.4 is 19.1 Å². The molecule has 196 valence electrons. The fraction of sp³-hybridized carbons (Fsp3) is 0.462. The Kier molecular flexibility index (Phi) is 9.19. The molecule has 0 aromatic heterocycles. The van der Waals surface area contributed by atoms with Gasteiger partial charge in [0.15, 0.2) is 11.5 Å². The van der Waals surface area contributed by atoms with E-state index in [1.165, 1.54) is 4.31 Å². The molecular formula is C26H35N3O6S. The van der Waals surface area contributed by atoms with E-state index in [4.69, 9.17) is 9.47 Å². The van der Waals surface area contributed by atoms with Gasteiger partial charge in [-0.25, -0.2) is 8.42 Å². The summed E-state index contributed by atoms with van der Waals surface area (Å²) in [5.74, 6) is 0.648. The molecule has 0 saturated carbocycles. The molecule has 1 unspecified atom stereocenters. The van der Waals surface area contributed by atoms with E-state index in [0.29, 0.717) is 36.7 Å². The summed E-state index contributed by atoms with van der Waals surface area (Å²) in [6.07, 6.45) is 1.98. The molecule has 9 nitrogen and oxygen atoms in total. The van der Waals surface area contributed by atoms with Crippen LogP contribution in [0.3, 0.4) is 0 Å². The van der Waals surface area contributed by atoms with Gasteiger partial charge in [0.2, 0.25) is 28.6 Å². The zero-order chi connectivity index (χ0) is 26.3. The Morgan fingerprint density at radius 2 is 1.81 bits per heavy atom. The second-order valence-corrected chi connectivity index (χ2v) is 10.6. The molecule has 1 N–H and O–H groups in total. The van der Waals surface area contributed by atoms with Crippen LogP contribution in [0.15, 0.2) is 42.5 Å². The molecule has 1 aliphatic heterocycles. The maximum absolute atomic E-state index is 13.4. The number of hydrogen-bond acceptors (Lipinski definition) is 6.